The average Bonchev–Trinajstić information content (AvgIpc) is 2.63. The van der Waals surface area contributed by atoms with Crippen molar-refractivity contribution in [3.8, 4) is 0 Å². The second-order valence-corrected chi connectivity index (χ2v) is 5.47. The van der Waals surface area contributed by atoms with Gasteiger partial charge < -0.3 is 0 Å². The Kier molecular flexibility index (Phi) is 3.64. The summed E-state index contributed by atoms with van der Waals surface area (Å²) in [5.74, 6) is 0. The van der Waals surface area contributed by atoms with Crippen molar-refractivity contribution in [2.75, 3.05) is 0 Å². The van der Waals surface area contributed by atoms with E-state index in [4.69, 9.17) is 23.2 Å². The van der Waals surface area contributed by atoms with Crippen LogP contribution in [0.5, 0.6) is 0 Å². The highest BCUT2D eigenvalue weighted by atomic mass is 35.5. The van der Waals surface area contributed by atoms with Gasteiger partial charge in [0.05, 0.1) is 10.7 Å². The van der Waals surface area contributed by atoms with E-state index in [2.05, 4.69) is 18.0 Å². The molecule has 0 saturated heterocycles. The zero-order valence-corrected chi connectivity index (χ0v) is 10.9. The molecule has 1 nitrogen and oxygen atoms in total. The molecule has 0 saturated carbocycles. The summed E-state index contributed by atoms with van der Waals surface area (Å²) >= 11 is 13.5. The summed E-state index contributed by atoms with van der Waals surface area (Å²) in [6.45, 7) is 2.07. The second kappa shape index (κ2) is 5.00. The minimum atomic E-state index is 0.567. The van der Waals surface area contributed by atoms with Gasteiger partial charge in [-0.3, -0.25) is 4.99 Å². The molecule has 0 unspecified atom stereocenters. The third kappa shape index (κ3) is 2.85. The first-order chi connectivity index (χ1) is 7.65. The number of hydrogen-bond acceptors (Lipinski definition) is 2. The molecule has 1 aromatic heterocycles. The van der Waals surface area contributed by atoms with Gasteiger partial charge in [0.25, 0.3) is 0 Å². The van der Waals surface area contributed by atoms with Gasteiger partial charge in [-0.05, 0) is 37.3 Å². The maximum Gasteiger partial charge on any atom is 0.0817 e. The Hall–Kier alpha value is -0.830. The van der Waals surface area contributed by atoms with Crippen molar-refractivity contribution in [3.63, 3.8) is 0 Å². The molecule has 0 aliphatic carbocycles. The Morgan fingerprint density at radius 3 is 2.62 bits per heavy atom. The highest BCUT2D eigenvalue weighted by molar-refractivity contribution is 7.13. The molecule has 2 aromatic rings. The SMILES string of the molecule is Cc1ccc(C=Nc2ccc(Cl)cc2Cl)s1. The molecule has 0 N–H and O–H groups in total. The van der Waals surface area contributed by atoms with Crippen molar-refractivity contribution in [2.45, 2.75) is 6.92 Å². The molecule has 16 heavy (non-hydrogen) atoms. The van der Waals surface area contributed by atoms with Crippen LogP contribution < -0.4 is 0 Å². The van der Waals surface area contributed by atoms with Gasteiger partial charge >= 0.3 is 0 Å². The fourth-order valence-electron chi connectivity index (χ4n) is 1.24. The molecule has 2 rings (SSSR count). The maximum absolute atomic E-state index is 6.01. The predicted molar refractivity (Wildman–Crippen MR) is 72.8 cm³/mol. The van der Waals surface area contributed by atoms with Gasteiger partial charge in [-0.2, -0.15) is 0 Å². The van der Waals surface area contributed by atoms with Crippen LogP contribution in [-0.2, 0) is 0 Å². The standard InChI is InChI=1S/C12H9Cl2NS/c1-8-2-4-10(16-8)7-15-12-5-3-9(13)6-11(12)14/h2-7H,1H3. The molecule has 0 atom stereocenters. The summed E-state index contributed by atoms with van der Waals surface area (Å²) in [5.41, 5.74) is 0.733. The number of aliphatic imine (C=N–C) groups is 1. The number of nitrogens with zero attached hydrogens (tertiary/aromatic N) is 1. The van der Waals surface area contributed by atoms with E-state index in [1.807, 2.05) is 18.3 Å². The second-order valence-electron chi connectivity index (χ2n) is 3.30. The molecule has 0 aliphatic rings. The number of benzene rings is 1. The van der Waals surface area contributed by atoms with E-state index in [-0.39, 0.29) is 0 Å². The molecule has 0 bridgehead atoms. The van der Waals surface area contributed by atoms with Crippen LogP contribution in [0.25, 0.3) is 0 Å². The summed E-state index contributed by atoms with van der Waals surface area (Å²) in [5, 5.41) is 1.19. The summed E-state index contributed by atoms with van der Waals surface area (Å²) in [4.78, 5) is 6.71. The van der Waals surface area contributed by atoms with Crippen LogP contribution in [0.15, 0.2) is 35.3 Å². The number of thiophene rings is 1. The van der Waals surface area contributed by atoms with E-state index in [1.54, 1.807) is 23.5 Å². The van der Waals surface area contributed by atoms with E-state index in [9.17, 15) is 0 Å². The normalized spacial score (nSPS) is 11.2. The van der Waals surface area contributed by atoms with E-state index in [0.29, 0.717) is 10.0 Å². The lowest BCUT2D eigenvalue weighted by atomic mass is 10.3. The summed E-state index contributed by atoms with van der Waals surface area (Å²) in [6.07, 6.45) is 1.81. The number of halogens is 2. The van der Waals surface area contributed by atoms with E-state index >= 15 is 0 Å². The predicted octanol–water partition coefficient (Wildman–Crippen LogP) is 5.11. The van der Waals surface area contributed by atoms with Crippen molar-refractivity contribution in [2.24, 2.45) is 4.99 Å². The van der Waals surface area contributed by atoms with Crippen LogP contribution in [-0.4, -0.2) is 6.21 Å². The molecule has 1 aromatic carbocycles. The third-order valence-corrected chi connectivity index (χ3v) is 3.47. The Labute approximate surface area is 108 Å². The number of rotatable bonds is 2. The van der Waals surface area contributed by atoms with Crippen molar-refractivity contribution in [1.82, 2.24) is 0 Å². The highest BCUT2D eigenvalue weighted by Crippen LogP contribution is 2.28. The fraction of sp³-hybridized carbons (Fsp3) is 0.0833. The van der Waals surface area contributed by atoms with Crippen LogP contribution in [0, 0.1) is 6.92 Å². The average molecular weight is 270 g/mol. The van der Waals surface area contributed by atoms with E-state index in [0.717, 1.165) is 10.6 Å². The molecular weight excluding hydrogens is 261 g/mol. The lowest BCUT2D eigenvalue weighted by Crippen LogP contribution is -1.73. The van der Waals surface area contributed by atoms with Crippen LogP contribution in [0.4, 0.5) is 5.69 Å². The first-order valence-electron chi connectivity index (χ1n) is 4.71. The Balaban J connectivity index is 2.23. The zero-order valence-electron chi connectivity index (χ0n) is 8.58. The van der Waals surface area contributed by atoms with Gasteiger partial charge in [0.15, 0.2) is 0 Å². The fourth-order valence-corrected chi connectivity index (χ4v) is 2.45. The number of hydrogen-bond donors (Lipinski definition) is 0. The van der Waals surface area contributed by atoms with Crippen LogP contribution >= 0.6 is 34.5 Å². The summed E-state index contributed by atoms with van der Waals surface area (Å²) < 4.78 is 0. The Morgan fingerprint density at radius 2 is 2.00 bits per heavy atom. The molecule has 0 radical (unpaired) electrons. The highest BCUT2D eigenvalue weighted by Gasteiger charge is 1.99. The van der Waals surface area contributed by atoms with Gasteiger partial charge in [0, 0.05) is 21.0 Å². The molecule has 0 fully saturated rings. The minimum Gasteiger partial charge on any atom is -0.254 e. The van der Waals surface area contributed by atoms with E-state index in [1.165, 1.54) is 4.88 Å². The summed E-state index contributed by atoms with van der Waals surface area (Å²) in [7, 11) is 0. The summed E-state index contributed by atoms with van der Waals surface area (Å²) in [6, 6.07) is 9.37. The van der Waals surface area contributed by atoms with Crippen LogP contribution in [0.2, 0.25) is 10.0 Å². The molecule has 0 aliphatic heterocycles. The zero-order chi connectivity index (χ0) is 11.5. The largest absolute Gasteiger partial charge is 0.254 e. The molecular formula is C12H9Cl2NS. The molecule has 1 heterocycles. The van der Waals surface area contributed by atoms with Gasteiger partial charge in [-0.15, -0.1) is 11.3 Å². The van der Waals surface area contributed by atoms with E-state index < -0.39 is 0 Å². The monoisotopic (exact) mass is 269 g/mol. The smallest absolute Gasteiger partial charge is 0.0817 e. The Bertz CT molecular complexity index is 532. The van der Waals surface area contributed by atoms with Crippen molar-refractivity contribution in [1.29, 1.82) is 0 Å². The first-order valence-corrected chi connectivity index (χ1v) is 6.28. The van der Waals surface area contributed by atoms with Gasteiger partial charge in [-0.1, -0.05) is 23.2 Å². The molecule has 0 amide bonds. The quantitative estimate of drug-likeness (QED) is 0.672. The van der Waals surface area contributed by atoms with Crippen molar-refractivity contribution in [3.05, 3.63) is 50.1 Å². The third-order valence-electron chi connectivity index (χ3n) is 2.00. The van der Waals surface area contributed by atoms with Crippen molar-refractivity contribution >= 4 is 46.4 Å². The lowest BCUT2D eigenvalue weighted by molar-refractivity contribution is 1.54. The molecule has 82 valence electrons. The number of aryl methyl sites for hydroxylation is 1. The van der Waals surface area contributed by atoms with Crippen molar-refractivity contribution < 1.29 is 0 Å². The maximum atomic E-state index is 6.01. The molecule has 4 heteroatoms. The van der Waals surface area contributed by atoms with Gasteiger partial charge in [0.2, 0.25) is 0 Å². The molecule has 0 spiro atoms. The lowest BCUT2D eigenvalue weighted by Gasteiger charge is -1.97. The van der Waals surface area contributed by atoms with Crippen LogP contribution in [0.3, 0.4) is 0 Å². The first kappa shape index (κ1) is 11.6. The van der Waals surface area contributed by atoms with Crippen LogP contribution in [0.1, 0.15) is 9.75 Å². The Morgan fingerprint density at radius 1 is 1.19 bits per heavy atom. The minimum absolute atomic E-state index is 0.567. The van der Waals surface area contributed by atoms with Gasteiger partial charge in [-0.25, -0.2) is 0 Å². The van der Waals surface area contributed by atoms with Gasteiger partial charge in [0.1, 0.15) is 0 Å². The topological polar surface area (TPSA) is 12.4 Å².